The van der Waals surface area contributed by atoms with Gasteiger partial charge in [0.05, 0.1) is 34.4 Å². The number of benzene rings is 1. The second-order valence-electron chi connectivity index (χ2n) is 9.13. The number of pyridine rings is 1. The van der Waals surface area contributed by atoms with Crippen LogP contribution in [0.3, 0.4) is 0 Å². The molecule has 0 amide bonds. The summed E-state index contributed by atoms with van der Waals surface area (Å²) in [6.07, 6.45) is 7.71. The van der Waals surface area contributed by atoms with E-state index < -0.39 is 0 Å². The van der Waals surface area contributed by atoms with Gasteiger partial charge in [-0.15, -0.1) is 11.8 Å². The molecule has 6 rings (SSSR count). The maximum Gasteiger partial charge on any atom is 0.350 e. The molecule has 36 heavy (non-hydrogen) atoms. The highest BCUT2D eigenvalue weighted by molar-refractivity contribution is 7.98. The van der Waals surface area contributed by atoms with E-state index in [0.717, 1.165) is 46.1 Å². The van der Waals surface area contributed by atoms with Gasteiger partial charge in [0.25, 0.3) is 0 Å². The Morgan fingerprint density at radius 1 is 1.25 bits per heavy atom. The number of hydrogen-bond donors (Lipinski definition) is 0. The molecule has 0 unspecified atom stereocenters. The van der Waals surface area contributed by atoms with Gasteiger partial charge in [-0.1, -0.05) is 11.6 Å². The fourth-order valence-electron chi connectivity index (χ4n) is 4.71. The normalized spacial score (nSPS) is 13.5. The monoisotopic (exact) mass is 515 g/mol. The van der Waals surface area contributed by atoms with Gasteiger partial charge >= 0.3 is 5.69 Å². The molecule has 1 aromatic carbocycles. The first-order chi connectivity index (χ1) is 17.5. The third kappa shape index (κ3) is 3.87. The smallest absolute Gasteiger partial charge is 0.348 e. The largest absolute Gasteiger partial charge is 0.350 e. The summed E-state index contributed by atoms with van der Waals surface area (Å²) in [5.74, 6) is 0.480. The van der Waals surface area contributed by atoms with Crippen LogP contribution >= 0.6 is 23.4 Å². The molecule has 1 fully saturated rings. The van der Waals surface area contributed by atoms with Crippen LogP contribution in [0.2, 0.25) is 5.02 Å². The van der Waals surface area contributed by atoms with Crippen LogP contribution in [-0.4, -0.2) is 35.1 Å². The summed E-state index contributed by atoms with van der Waals surface area (Å²) < 4.78 is 5.55. The van der Waals surface area contributed by atoms with E-state index in [2.05, 4.69) is 16.0 Å². The summed E-state index contributed by atoms with van der Waals surface area (Å²) in [4.78, 5) is 22.0. The Kier molecular flexibility index (Phi) is 5.58. The zero-order valence-electron chi connectivity index (χ0n) is 19.8. The summed E-state index contributed by atoms with van der Waals surface area (Å²) in [5.41, 5.74) is 4.40. The lowest BCUT2D eigenvalue weighted by molar-refractivity contribution is 0.595. The average molecular weight is 516 g/mol. The molecule has 0 atom stereocenters. The molecule has 8 nitrogen and oxygen atoms in total. The molecule has 0 bridgehead atoms. The van der Waals surface area contributed by atoms with Crippen molar-refractivity contribution in [1.29, 1.82) is 5.26 Å². The van der Waals surface area contributed by atoms with Gasteiger partial charge in [-0.25, -0.2) is 4.79 Å². The van der Waals surface area contributed by atoms with E-state index in [9.17, 15) is 10.1 Å². The highest BCUT2D eigenvalue weighted by atomic mass is 35.5. The number of rotatable bonds is 6. The van der Waals surface area contributed by atoms with Gasteiger partial charge < -0.3 is 4.57 Å². The number of nitriles is 1. The first-order valence-corrected chi connectivity index (χ1v) is 13.2. The molecule has 1 saturated carbocycles. The second kappa shape index (κ2) is 8.80. The van der Waals surface area contributed by atoms with Crippen LogP contribution in [0, 0.1) is 17.2 Å². The Labute approximate surface area is 216 Å². The third-order valence-electron chi connectivity index (χ3n) is 6.65. The third-order valence-corrected chi connectivity index (χ3v) is 7.57. The molecular weight excluding hydrogens is 494 g/mol. The Balaban J connectivity index is 1.65. The Bertz CT molecular complexity index is 1760. The molecule has 0 aliphatic heterocycles. The van der Waals surface area contributed by atoms with Gasteiger partial charge in [0.1, 0.15) is 11.1 Å². The minimum Gasteiger partial charge on any atom is -0.348 e. The van der Waals surface area contributed by atoms with Crippen LogP contribution in [0.1, 0.15) is 24.0 Å². The molecule has 0 radical (unpaired) electrons. The van der Waals surface area contributed by atoms with E-state index in [0.29, 0.717) is 40.3 Å². The minimum atomic E-state index is -0.277. The zero-order valence-corrected chi connectivity index (χ0v) is 21.3. The van der Waals surface area contributed by atoms with E-state index in [1.807, 2.05) is 52.9 Å². The lowest BCUT2D eigenvalue weighted by Crippen LogP contribution is -2.25. The molecule has 0 N–H and O–H groups in total. The molecular formula is C26H22ClN7OS. The molecule has 1 aliphatic rings. The predicted octanol–water partition coefficient (Wildman–Crippen LogP) is 4.85. The molecule has 0 spiro atoms. The van der Waals surface area contributed by atoms with Crippen molar-refractivity contribution in [3.63, 3.8) is 0 Å². The lowest BCUT2D eigenvalue weighted by atomic mass is 10.1. The van der Waals surface area contributed by atoms with Crippen molar-refractivity contribution in [3.05, 3.63) is 69.4 Å². The molecule has 180 valence electrons. The fraction of sp³-hybridized carbons (Fsp3) is 0.269. The number of fused-ring (bicyclic) bond motifs is 2. The topological polar surface area (TPSA) is 94.3 Å². The van der Waals surface area contributed by atoms with Gasteiger partial charge in [-0.05, 0) is 60.9 Å². The number of thioether (sulfide) groups is 1. The molecule has 4 aromatic heterocycles. The molecule has 0 saturated heterocycles. The van der Waals surface area contributed by atoms with Crippen molar-refractivity contribution in [2.24, 2.45) is 13.0 Å². The average Bonchev–Trinajstić information content (AvgIpc) is 3.51. The zero-order chi connectivity index (χ0) is 25.0. The van der Waals surface area contributed by atoms with E-state index in [-0.39, 0.29) is 5.69 Å². The lowest BCUT2D eigenvalue weighted by Gasteiger charge is -2.12. The number of aryl methyl sites for hydroxylation is 1. The van der Waals surface area contributed by atoms with Gasteiger partial charge in [-0.2, -0.15) is 15.3 Å². The van der Waals surface area contributed by atoms with Gasteiger partial charge in [0.15, 0.2) is 5.65 Å². The minimum absolute atomic E-state index is 0.277. The summed E-state index contributed by atoms with van der Waals surface area (Å²) in [6, 6.07) is 11.7. The highest BCUT2D eigenvalue weighted by Gasteiger charge is 2.28. The SMILES string of the molecule is CSc1nc(=O)n(CC2CC2)c2nn(Cc3ccnc4ccc(Cl)cc34)c(-c3cc(C#N)cn3C)c12. The number of hydrogen-bond acceptors (Lipinski definition) is 6. The Morgan fingerprint density at radius 3 is 2.81 bits per heavy atom. The first-order valence-electron chi connectivity index (χ1n) is 11.6. The van der Waals surface area contributed by atoms with Crippen LogP contribution in [0.4, 0.5) is 0 Å². The number of nitrogens with zero attached hydrogens (tertiary/aromatic N) is 7. The summed E-state index contributed by atoms with van der Waals surface area (Å²) in [5, 5.41) is 17.6. The van der Waals surface area contributed by atoms with Crippen LogP contribution < -0.4 is 5.69 Å². The van der Waals surface area contributed by atoms with Crippen molar-refractivity contribution in [2.75, 3.05) is 6.26 Å². The summed E-state index contributed by atoms with van der Waals surface area (Å²) >= 11 is 7.75. The maximum absolute atomic E-state index is 13.0. The van der Waals surface area contributed by atoms with Crippen molar-refractivity contribution < 1.29 is 0 Å². The van der Waals surface area contributed by atoms with E-state index in [1.165, 1.54) is 11.8 Å². The van der Waals surface area contributed by atoms with Gasteiger partial charge in [0, 0.05) is 36.4 Å². The van der Waals surface area contributed by atoms with Crippen LogP contribution in [0.25, 0.3) is 33.3 Å². The number of halogens is 1. The Morgan fingerprint density at radius 2 is 2.08 bits per heavy atom. The molecule has 4 heterocycles. The highest BCUT2D eigenvalue weighted by Crippen LogP contribution is 2.37. The van der Waals surface area contributed by atoms with Gasteiger partial charge in [0.2, 0.25) is 0 Å². The van der Waals surface area contributed by atoms with Crippen molar-refractivity contribution in [1.82, 2.24) is 28.9 Å². The van der Waals surface area contributed by atoms with E-state index >= 15 is 0 Å². The fourth-order valence-corrected chi connectivity index (χ4v) is 5.44. The van der Waals surface area contributed by atoms with E-state index in [4.69, 9.17) is 16.7 Å². The second-order valence-corrected chi connectivity index (χ2v) is 10.4. The molecule has 10 heteroatoms. The van der Waals surface area contributed by atoms with Crippen LogP contribution in [-0.2, 0) is 20.1 Å². The predicted molar refractivity (Wildman–Crippen MR) is 141 cm³/mol. The first kappa shape index (κ1) is 22.8. The van der Waals surface area contributed by atoms with Crippen molar-refractivity contribution in [3.8, 4) is 17.5 Å². The van der Waals surface area contributed by atoms with Crippen LogP contribution in [0.15, 0.2) is 52.5 Å². The standard InChI is InChI=1S/C26H22ClN7OS/c1-32-12-16(11-28)9-21(32)23-22-24(33(13-15-3-4-15)26(35)30-25(22)36-2)31-34(23)14-17-7-8-29-20-6-5-18(27)10-19(17)20/h5-10,12,15H,3-4,13-14H2,1-2H3. The summed E-state index contributed by atoms with van der Waals surface area (Å²) in [7, 11) is 1.91. The van der Waals surface area contributed by atoms with E-state index in [1.54, 1.807) is 17.0 Å². The Hall–Kier alpha value is -3.61. The summed E-state index contributed by atoms with van der Waals surface area (Å²) in [6.45, 7) is 1.04. The maximum atomic E-state index is 13.0. The molecule has 1 aliphatic carbocycles. The van der Waals surface area contributed by atoms with Gasteiger partial charge in [-0.3, -0.25) is 14.2 Å². The quantitative estimate of drug-likeness (QED) is 0.237. The van der Waals surface area contributed by atoms with Crippen molar-refractivity contribution >= 4 is 45.3 Å². The number of aromatic nitrogens is 6. The van der Waals surface area contributed by atoms with Crippen LogP contribution in [0.5, 0.6) is 0 Å². The molecule has 5 aromatic rings. The van der Waals surface area contributed by atoms with Crippen molar-refractivity contribution in [2.45, 2.75) is 31.0 Å².